The number of carboxylic acids is 1. The number of amides is 1. The van der Waals surface area contributed by atoms with E-state index in [1.807, 2.05) is 0 Å². The summed E-state index contributed by atoms with van der Waals surface area (Å²) >= 11 is 0. The molecule has 1 unspecified atom stereocenters. The summed E-state index contributed by atoms with van der Waals surface area (Å²) in [5, 5.41) is 8.83. The molecule has 21 heavy (non-hydrogen) atoms. The van der Waals surface area contributed by atoms with Crippen LogP contribution in [0.5, 0.6) is 11.5 Å². The summed E-state index contributed by atoms with van der Waals surface area (Å²) in [6.45, 7) is 1.03. The molecule has 114 valence electrons. The molecule has 0 aliphatic carbocycles. The highest BCUT2D eigenvalue weighted by Crippen LogP contribution is 2.28. The summed E-state index contributed by atoms with van der Waals surface area (Å²) in [5.74, 6) is 0.109. The molecule has 6 heteroatoms. The van der Waals surface area contributed by atoms with Crippen LogP contribution in [-0.4, -0.2) is 49.2 Å². The van der Waals surface area contributed by atoms with Crippen LogP contribution in [0.4, 0.5) is 0 Å². The van der Waals surface area contributed by atoms with Crippen LogP contribution < -0.4 is 9.47 Å². The van der Waals surface area contributed by atoms with Gasteiger partial charge in [0.05, 0.1) is 19.8 Å². The van der Waals surface area contributed by atoms with Crippen molar-refractivity contribution in [3.05, 3.63) is 23.8 Å². The predicted octanol–water partition coefficient (Wildman–Crippen LogP) is 1.64. The van der Waals surface area contributed by atoms with E-state index < -0.39 is 5.97 Å². The number of rotatable bonds is 5. The third-order valence-corrected chi connectivity index (χ3v) is 3.67. The van der Waals surface area contributed by atoms with Gasteiger partial charge in [0, 0.05) is 19.5 Å². The number of hydrogen-bond donors (Lipinski definition) is 1. The third kappa shape index (κ3) is 3.45. The molecule has 0 aromatic heterocycles. The van der Waals surface area contributed by atoms with E-state index in [1.54, 1.807) is 23.1 Å². The molecule has 1 amide bonds. The number of carbonyl (C=O) groups excluding carboxylic acids is 1. The van der Waals surface area contributed by atoms with Gasteiger partial charge in [-0.15, -0.1) is 0 Å². The second kappa shape index (κ2) is 6.47. The Morgan fingerprint density at radius 3 is 2.71 bits per heavy atom. The predicted molar refractivity (Wildman–Crippen MR) is 75.8 cm³/mol. The van der Waals surface area contributed by atoms with E-state index in [2.05, 4.69) is 0 Å². The van der Waals surface area contributed by atoms with Crippen LogP contribution in [0.2, 0.25) is 0 Å². The minimum atomic E-state index is -0.826. The lowest BCUT2D eigenvalue weighted by Gasteiger charge is -2.18. The number of carboxylic acid groups (broad SMARTS) is 1. The zero-order valence-electron chi connectivity index (χ0n) is 12.2. The molecule has 0 bridgehead atoms. The number of hydrogen-bond acceptors (Lipinski definition) is 4. The quantitative estimate of drug-likeness (QED) is 0.893. The lowest BCUT2D eigenvalue weighted by atomic mass is 10.1. The monoisotopic (exact) mass is 293 g/mol. The van der Waals surface area contributed by atoms with Crippen LogP contribution in [-0.2, 0) is 4.79 Å². The first-order valence-corrected chi connectivity index (χ1v) is 6.78. The first-order valence-electron chi connectivity index (χ1n) is 6.78. The Balaban J connectivity index is 2.15. The van der Waals surface area contributed by atoms with Gasteiger partial charge >= 0.3 is 5.97 Å². The fourth-order valence-electron chi connectivity index (χ4n) is 2.58. The standard InChI is InChI=1S/C15H19NO5/c1-20-11-3-4-13(21-2)12(8-11)15(19)16-6-5-10(9-16)7-14(17)18/h3-4,8,10H,5-7,9H2,1-2H3,(H,17,18). The molecular formula is C15H19NO5. The maximum atomic E-state index is 12.6. The van der Waals surface area contributed by atoms with E-state index in [9.17, 15) is 9.59 Å². The van der Waals surface area contributed by atoms with E-state index in [1.165, 1.54) is 14.2 Å². The maximum absolute atomic E-state index is 12.6. The van der Waals surface area contributed by atoms with Gasteiger partial charge in [-0.05, 0) is 30.5 Å². The number of likely N-dealkylation sites (tertiary alicyclic amines) is 1. The van der Waals surface area contributed by atoms with Gasteiger partial charge in [-0.25, -0.2) is 0 Å². The first kappa shape index (κ1) is 15.2. The Morgan fingerprint density at radius 1 is 1.33 bits per heavy atom. The van der Waals surface area contributed by atoms with Crippen molar-refractivity contribution in [1.29, 1.82) is 0 Å². The van der Waals surface area contributed by atoms with Crippen molar-refractivity contribution in [1.82, 2.24) is 4.90 Å². The highest BCUT2D eigenvalue weighted by Gasteiger charge is 2.29. The van der Waals surface area contributed by atoms with Gasteiger partial charge in [0.2, 0.25) is 0 Å². The topological polar surface area (TPSA) is 76.1 Å². The summed E-state index contributed by atoms with van der Waals surface area (Å²) in [7, 11) is 3.05. The molecule has 6 nitrogen and oxygen atoms in total. The van der Waals surface area contributed by atoms with Gasteiger partial charge in [0.15, 0.2) is 0 Å². The normalized spacial score (nSPS) is 17.6. The van der Waals surface area contributed by atoms with Crippen LogP contribution >= 0.6 is 0 Å². The number of nitrogens with zero attached hydrogens (tertiary/aromatic N) is 1. The molecule has 1 aliphatic heterocycles. The third-order valence-electron chi connectivity index (χ3n) is 3.67. The average molecular weight is 293 g/mol. The summed E-state index contributed by atoms with van der Waals surface area (Å²) in [6.07, 6.45) is 0.809. The van der Waals surface area contributed by atoms with Gasteiger partial charge in [-0.2, -0.15) is 0 Å². The van der Waals surface area contributed by atoms with Gasteiger partial charge in [0.25, 0.3) is 5.91 Å². The number of methoxy groups -OCH3 is 2. The van der Waals surface area contributed by atoms with E-state index in [0.29, 0.717) is 36.6 Å². The molecule has 0 radical (unpaired) electrons. The lowest BCUT2D eigenvalue weighted by molar-refractivity contribution is -0.138. The highest BCUT2D eigenvalue weighted by atomic mass is 16.5. The molecule has 1 aromatic carbocycles. The molecule has 1 heterocycles. The van der Waals surface area contributed by atoms with E-state index in [4.69, 9.17) is 14.6 Å². The lowest BCUT2D eigenvalue weighted by Crippen LogP contribution is -2.29. The fourth-order valence-corrected chi connectivity index (χ4v) is 2.58. The summed E-state index contributed by atoms with van der Waals surface area (Å²) < 4.78 is 10.4. The van der Waals surface area contributed by atoms with Crippen molar-refractivity contribution in [3.63, 3.8) is 0 Å². The van der Waals surface area contributed by atoms with Crippen molar-refractivity contribution in [2.24, 2.45) is 5.92 Å². The number of ether oxygens (including phenoxy) is 2. The van der Waals surface area contributed by atoms with E-state index in [-0.39, 0.29) is 18.2 Å². The minimum Gasteiger partial charge on any atom is -0.497 e. The fraction of sp³-hybridized carbons (Fsp3) is 0.467. The number of carbonyl (C=O) groups is 2. The largest absolute Gasteiger partial charge is 0.497 e. The summed E-state index contributed by atoms with van der Waals surface area (Å²) in [6, 6.07) is 5.06. The summed E-state index contributed by atoms with van der Waals surface area (Å²) in [5.41, 5.74) is 0.438. The molecule has 0 saturated carbocycles. The van der Waals surface area contributed by atoms with E-state index >= 15 is 0 Å². The van der Waals surface area contributed by atoms with Crippen LogP contribution in [0.3, 0.4) is 0 Å². The van der Waals surface area contributed by atoms with Gasteiger partial charge in [-0.1, -0.05) is 0 Å². The van der Waals surface area contributed by atoms with Crippen LogP contribution in [0.15, 0.2) is 18.2 Å². The first-order chi connectivity index (χ1) is 10.0. The number of benzene rings is 1. The minimum absolute atomic E-state index is 0.0167. The molecule has 1 aliphatic rings. The van der Waals surface area contributed by atoms with Gasteiger partial charge < -0.3 is 19.5 Å². The number of aliphatic carboxylic acids is 1. The van der Waals surface area contributed by atoms with Crippen LogP contribution in [0, 0.1) is 5.92 Å². The second-order valence-corrected chi connectivity index (χ2v) is 5.07. The van der Waals surface area contributed by atoms with Gasteiger partial charge in [0.1, 0.15) is 11.5 Å². The molecule has 0 spiro atoms. The Kier molecular flexibility index (Phi) is 4.67. The molecule has 1 fully saturated rings. The smallest absolute Gasteiger partial charge is 0.303 e. The summed E-state index contributed by atoms with van der Waals surface area (Å²) in [4.78, 5) is 25.0. The van der Waals surface area contributed by atoms with Crippen molar-refractivity contribution >= 4 is 11.9 Å². The molecule has 1 atom stereocenters. The molecular weight excluding hydrogens is 274 g/mol. The Bertz CT molecular complexity index is 543. The molecule has 1 saturated heterocycles. The SMILES string of the molecule is COc1ccc(OC)c(C(=O)N2CCC(CC(=O)O)C2)c1. The highest BCUT2D eigenvalue weighted by molar-refractivity contribution is 5.97. The Labute approximate surface area is 123 Å². The molecule has 2 rings (SSSR count). The van der Waals surface area contributed by atoms with Crippen molar-refractivity contribution in [2.75, 3.05) is 27.3 Å². The second-order valence-electron chi connectivity index (χ2n) is 5.07. The average Bonchev–Trinajstić information content (AvgIpc) is 2.93. The van der Waals surface area contributed by atoms with Crippen LogP contribution in [0.1, 0.15) is 23.2 Å². The van der Waals surface area contributed by atoms with Crippen LogP contribution in [0.25, 0.3) is 0 Å². The van der Waals surface area contributed by atoms with E-state index in [0.717, 1.165) is 0 Å². The molecule has 1 N–H and O–H groups in total. The van der Waals surface area contributed by atoms with Crippen molar-refractivity contribution in [3.8, 4) is 11.5 Å². The maximum Gasteiger partial charge on any atom is 0.303 e. The Hall–Kier alpha value is -2.24. The zero-order valence-corrected chi connectivity index (χ0v) is 12.2. The van der Waals surface area contributed by atoms with Crippen molar-refractivity contribution < 1.29 is 24.2 Å². The van der Waals surface area contributed by atoms with Gasteiger partial charge in [-0.3, -0.25) is 9.59 Å². The zero-order chi connectivity index (χ0) is 15.4. The van der Waals surface area contributed by atoms with Crippen molar-refractivity contribution in [2.45, 2.75) is 12.8 Å². The Morgan fingerprint density at radius 2 is 2.10 bits per heavy atom. The molecule has 1 aromatic rings.